The van der Waals surface area contributed by atoms with Crippen LogP contribution in [0.3, 0.4) is 0 Å². The molecule has 96 valence electrons. The molecular weight excluding hydrogens is 220 g/mol. The highest BCUT2D eigenvalue weighted by molar-refractivity contribution is 5.83. The summed E-state index contributed by atoms with van der Waals surface area (Å²) in [6, 6.07) is 0.0470. The minimum absolute atomic E-state index is 0.0470. The van der Waals surface area contributed by atoms with Gasteiger partial charge in [0.25, 0.3) is 0 Å². The zero-order valence-corrected chi connectivity index (χ0v) is 10.3. The molecule has 0 saturated carbocycles. The Kier molecular flexibility index (Phi) is 3.66. The number of likely N-dealkylation sites (N-methyl/N-ethyl adjacent to an activating group) is 1. The number of hydrogen-bond acceptors (Lipinski definition) is 3. The molecule has 0 aliphatic carbocycles. The first kappa shape index (κ1) is 12.4. The van der Waals surface area contributed by atoms with Crippen molar-refractivity contribution in [1.29, 1.82) is 0 Å². The van der Waals surface area contributed by atoms with Gasteiger partial charge in [-0.1, -0.05) is 0 Å². The quantitative estimate of drug-likeness (QED) is 0.776. The van der Waals surface area contributed by atoms with Crippen molar-refractivity contribution in [3.63, 3.8) is 0 Å². The second kappa shape index (κ2) is 5.04. The van der Waals surface area contributed by atoms with E-state index in [0.29, 0.717) is 0 Å². The smallest absolute Gasteiger partial charge is 0.303 e. The lowest BCUT2D eigenvalue weighted by molar-refractivity contribution is -0.139. The molecule has 2 aliphatic heterocycles. The highest BCUT2D eigenvalue weighted by atomic mass is 16.4. The number of carboxylic acid groups (broad SMARTS) is 1. The van der Waals surface area contributed by atoms with Gasteiger partial charge in [0.2, 0.25) is 5.91 Å². The van der Waals surface area contributed by atoms with Crippen LogP contribution >= 0.6 is 0 Å². The van der Waals surface area contributed by atoms with E-state index >= 15 is 0 Å². The lowest BCUT2D eigenvalue weighted by Gasteiger charge is -2.34. The summed E-state index contributed by atoms with van der Waals surface area (Å²) >= 11 is 0. The Morgan fingerprint density at radius 2 is 1.94 bits per heavy atom. The molecule has 5 nitrogen and oxygen atoms in total. The maximum Gasteiger partial charge on any atom is 0.303 e. The molecule has 2 saturated heterocycles. The molecule has 1 amide bonds. The molecule has 1 N–H and O–H groups in total. The Morgan fingerprint density at radius 1 is 1.29 bits per heavy atom. The second-order valence-corrected chi connectivity index (χ2v) is 5.14. The average molecular weight is 240 g/mol. The highest BCUT2D eigenvalue weighted by Gasteiger charge is 2.35. The van der Waals surface area contributed by atoms with Gasteiger partial charge in [0, 0.05) is 20.0 Å². The van der Waals surface area contributed by atoms with E-state index in [1.807, 2.05) is 7.05 Å². The summed E-state index contributed by atoms with van der Waals surface area (Å²) < 4.78 is 0. The number of carbonyl (C=O) groups excluding carboxylic acids is 1. The number of rotatable bonds is 3. The van der Waals surface area contributed by atoms with Gasteiger partial charge in [-0.15, -0.1) is 0 Å². The summed E-state index contributed by atoms with van der Waals surface area (Å²) in [4.78, 5) is 26.5. The largest absolute Gasteiger partial charge is 0.481 e. The van der Waals surface area contributed by atoms with Crippen molar-refractivity contribution in [1.82, 2.24) is 9.80 Å². The number of piperidine rings is 1. The molecule has 17 heavy (non-hydrogen) atoms. The van der Waals surface area contributed by atoms with E-state index in [-0.39, 0.29) is 24.3 Å². The molecule has 5 heteroatoms. The number of aliphatic carboxylic acids is 1. The van der Waals surface area contributed by atoms with Crippen LogP contribution in [0.5, 0.6) is 0 Å². The molecule has 0 spiro atoms. The monoisotopic (exact) mass is 240 g/mol. The van der Waals surface area contributed by atoms with Crippen LogP contribution < -0.4 is 0 Å². The zero-order valence-electron chi connectivity index (χ0n) is 10.3. The van der Waals surface area contributed by atoms with E-state index in [4.69, 9.17) is 5.11 Å². The number of likely N-dealkylation sites (tertiary alicyclic amines) is 2. The Hall–Kier alpha value is -1.10. The van der Waals surface area contributed by atoms with E-state index in [1.165, 1.54) is 0 Å². The summed E-state index contributed by atoms with van der Waals surface area (Å²) in [5, 5.41) is 8.75. The fourth-order valence-electron chi connectivity index (χ4n) is 2.86. The molecule has 2 fully saturated rings. The van der Waals surface area contributed by atoms with Crippen molar-refractivity contribution in [2.24, 2.45) is 5.92 Å². The highest BCUT2D eigenvalue weighted by Crippen LogP contribution is 2.25. The van der Waals surface area contributed by atoms with Crippen LogP contribution in [-0.4, -0.2) is 59.5 Å². The van der Waals surface area contributed by atoms with Crippen molar-refractivity contribution in [3.05, 3.63) is 0 Å². The van der Waals surface area contributed by atoms with Crippen LogP contribution in [0, 0.1) is 5.92 Å². The minimum Gasteiger partial charge on any atom is -0.481 e. The van der Waals surface area contributed by atoms with Crippen molar-refractivity contribution in [2.75, 3.05) is 26.7 Å². The molecule has 1 unspecified atom stereocenters. The van der Waals surface area contributed by atoms with Gasteiger partial charge in [-0.05, 0) is 38.3 Å². The lowest BCUT2D eigenvalue weighted by Crippen LogP contribution is -2.45. The van der Waals surface area contributed by atoms with Crippen LogP contribution in [0.2, 0.25) is 0 Å². The summed E-state index contributed by atoms with van der Waals surface area (Å²) in [5.74, 6) is -0.195. The van der Waals surface area contributed by atoms with Gasteiger partial charge in [0.1, 0.15) is 0 Å². The van der Waals surface area contributed by atoms with Gasteiger partial charge in [-0.3, -0.25) is 14.5 Å². The van der Waals surface area contributed by atoms with Crippen molar-refractivity contribution < 1.29 is 14.7 Å². The first-order valence-electron chi connectivity index (χ1n) is 6.28. The fourth-order valence-corrected chi connectivity index (χ4v) is 2.86. The Morgan fingerprint density at radius 3 is 2.41 bits per heavy atom. The maximum atomic E-state index is 11.9. The third-order valence-corrected chi connectivity index (χ3v) is 3.95. The van der Waals surface area contributed by atoms with Gasteiger partial charge >= 0.3 is 5.97 Å². The van der Waals surface area contributed by atoms with Crippen molar-refractivity contribution in [2.45, 2.75) is 31.7 Å². The lowest BCUT2D eigenvalue weighted by atomic mass is 9.92. The zero-order chi connectivity index (χ0) is 12.4. The van der Waals surface area contributed by atoms with E-state index in [1.54, 1.807) is 4.90 Å². The summed E-state index contributed by atoms with van der Waals surface area (Å²) in [6.45, 7) is 2.57. The number of nitrogens with zero attached hydrogens (tertiary/aromatic N) is 2. The molecule has 2 rings (SSSR count). The topological polar surface area (TPSA) is 60.9 Å². The Labute approximate surface area is 101 Å². The summed E-state index contributed by atoms with van der Waals surface area (Å²) in [7, 11) is 1.85. The van der Waals surface area contributed by atoms with Gasteiger partial charge in [0.05, 0.1) is 6.04 Å². The van der Waals surface area contributed by atoms with E-state index in [9.17, 15) is 9.59 Å². The van der Waals surface area contributed by atoms with Gasteiger partial charge in [0.15, 0.2) is 0 Å². The second-order valence-electron chi connectivity index (χ2n) is 5.14. The van der Waals surface area contributed by atoms with Crippen LogP contribution in [0.15, 0.2) is 0 Å². The molecule has 0 aromatic heterocycles. The molecule has 2 heterocycles. The number of amides is 1. The number of hydrogen-bond donors (Lipinski definition) is 1. The number of carbonyl (C=O) groups is 2. The fraction of sp³-hybridized carbons (Fsp3) is 0.833. The first-order chi connectivity index (χ1) is 8.08. The van der Waals surface area contributed by atoms with E-state index in [0.717, 1.165) is 38.9 Å². The average Bonchev–Trinajstić information content (AvgIpc) is 2.60. The van der Waals surface area contributed by atoms with Crippen LogP contribution in [0.25, 0.3) is 0 Å². The predicted molar refractivity (Wildman–Crippen MR) is 62.6 cm³/mol. The van der Waals surface area contributed by atoms with Crippen molar-refractivity contribution in [3.8, 4) is 0 Å². The predicted octanol–water partition coefficient (Wildman–Crippen LogP) is 0.404. The molecule has 0 bridgehead atoms. The molecular formula is C12H20N2O3. The van der Waals surface area contributed by atoms with Gasteiger partial charge in [-0.2, -0.15) is 0 Å². The van der Waals surface area contributed by atoms with E-state index in [2.05, 4.69) is 4.90 Å². The summed E-state index contributed by atoms with van der Waals surface area (Å²) in [5.41, 5.74) is 0. The molecule has 2 aliphatic rings. The summed E-state index contributed by atoms with van der Waals surface area (Å²) in [6.07, 6.45) is 2.99. The molecule has 0 aromatic carbocycles. The first-order valence-corrected chi connectivity index (χ1v) is 6.28. The van der Waals surface area contributed by atoms with Crippen LogP contribution in [0.4, 0.5) is 0 Å². The maximum absolute atomic E-state index is 11.9. The molecule has 0 radical (unpaired) electrons. The van der Waals surface area contributed by atoms with Crippen LogP contribution in [-0.2, 0) is 9.59 Å². The van der Waals surface area contributed by atoms with Crippen molar-refractivity contribution >= 4 is 11.9 Å². The SMILES string of the molecule is CN1CCC(N2CCC(CC(=O)O)CC2)C1=O. The van der Waals surface area contributed by atoms with Gasteiger partial charge in [-0.25, -0.2) is 0 Å². The third-order valence-electron chi connectivity index (χ3n) is 3.95. The number of carboxylic acids is 1. The Bertz CT molecular complexity index is 311. The Balaban J connectivity index is 1.83. The molecule has 0 aromatic rings. The standard InChI is InChI=1S/C12H20N2O3/c1-13-5-4-10(12(13)17)14-6-2-9(3-7-14)8-11(15)16/h9-10H,2-8H2,1H3,(H,15,16). The molecule has 1 atom stereocenters. The third kappa shape index (κ3) is 2.77. The van der Waals surface area contributed by atoms with Gasteiger partial charge < -0.3 is 10.0 Å². The van der Waals surface area contributed by atoms with Crippen LogP contribution in [0.1, 0.15) is 25.7 Å². The minimum atomic E-state index is -0.708. The normalized spacial score (nSPS) is 27.7. The van der Waals surface area contributed by atoms with E-state index < -0.39 is 5.97 Å².